The van der Waals surface area contributed by atoms with Gasteiger partial charge in [-0.05, 0) is 32.0 Å². The molecule has 0 radical (unpaired) electrons. The molecule has 1 N–H and O–H groups in total. The first kappa shape index (κ1) is 19.6. The largest absolute Gasteiger partial charge is 0.487 e. The smallest absolute Gasteiger partial charge is 0.227 e. The van der Waals surface area contributed by atoms with Crippen LogP contribution in [0.15, 0.2) is 24.3 Å². The van der Waals surface area contributed by atoms with E-state index in [1.54, 1.807) is 4.90 Å². The molecule has 1 fully saturated rings. The Bertz CT molecular complexity index is 646. The number of ether oxygens (including phenoxy) is 2. The Morgan fingerprint density at radius 1 is 1.19 bits per heavy atom. The summed E-state index contributed by atoms with van der Waals surface area (Å²) in [6.07, 6.45) is 1.27. The van der Waals surface area contributed by atoms with Crippen LogP contribution in [0.2, 0.25) is 0 Å². The van der Waals surface area contributed by atoms with Crippen molar-refractivity contribution in [2.75, 3.05) is 50.8 Å². The number of amides is 2. The highest BCUT2D eigenvalue weighted by Crippen LogP contribution is 2.33. The van der Waals surface area contributed by atoms with E-state index in [4.69, 9.17) is 9.47 Å². The maximum atomic E-state index is 12.6. The van der Waals surface area contributed by atoms with Gasteiger partial charge in [0, 0.05) is 32.5 Å². The van der Waals surface area contributed by atoms with E-state index >= 15 is 0 Å². The van der Waals surface area contributed by atoms with E-state index in [0.29, 0.717) is 13.1 Å². The molecular formula is C20H29N3O4. The molecule has 2 aliphatic rings. The third-order valence-corrected chi connectivity index (χ3v) is 4.87. The first-order chi connectivity index (χ1) is 13.1. The Balaban J connectivity index is 1.38. The number of benzene rings is 1. The second kappa shape index (κ2) is 9.71. The van der Waals surface area contributed by atoms with E-state index in [2.05, 4.69) is 10.2 Å². The molecule has 0 aliphatic carbocycles. The van der Waals surface area contributed by atoms with E-state index in [1.165, 1.54) is 0 Å². The Kier molecular flexibility index (Phi) is 7.06. The Morgan fingerprint density at radius 3 is 2.78 bits per heavy atom. The van der Waals surface area contributed by atoms with Gasteiger partial charge in [-0.2, -0.15) is 0 Å². The Labute approximate surface area is 160 Å². The number of carbonyl (C=O) groups is 2. The van der Waals surface area contributed by atoms with Crippen LogP contribution in [0.25, 0.3) is 0 Å². The number of morpholine rings is 1. The summed E-state index contributed by atoms with van der Waals surface area (Å²) in [7, 11) is 0. The van der Waals surface area contributed by atoms with Crippen LogP contribution in [0.5, 0.6) is 5.75 Å². The van der Waals surface area contributed by atoms with Crippen molar-refractivity contribution in [1.82, 2.24) is 10.2 Å². The topological polar surface area (TPSA) is 71.1 Å². The zero-order valence-electron chi connectivity index (χ0n) is 16.0. The minimum absolute atomic E-state index is 0.0407. The molecule has 1 saturated heterocycles. The highest BCUT2D eigenvalue weighted by atomic mass is 16.5. The lowest BCUT2D eigenvalue weighted by atomic mass is 10.1. The van der Waals surface area contributed by atoms with Gasteiger partial charge in [-0.15, -0.1) is 0 Å². The third kappa shape index (κ3) is 5.68. The lowest BCUT2D eigenvalue weighted by Gasteiger charge is -2.33. The predicted octanol–water partition coefficient (Wildman–Crippen LogP) is 1.42. The number of fused-ring (bicyclic) bond motifs is 1. The van der Waals surface area contributed by atoms with Crippen LogP contribution >= 0.6 is 0 Å². The summed E-state index contributed by atoms with van der Waals surface area (Å²) in [6, 6.07) is 7.53. The van der Waals surface area contributed by atoms with Crippen molar-refractivity contribution in [3.8, 4) is 5.75 Å². The number of hydrogen-bond donors (Lipinski definition) is 1. The molecule has 2 aliphatic heterocycles. The first-order valence-electron chi connectivity index (χ1n) is 9.76. The highest BCUT2D eigenvalue weighted by molar-refractivity contribution is 5.97. The Hall–Kier alpha value is -2.12. The van der Waals surface area contributed by atoms with Gasteiger partial charge in [0.25, 0.3) is 0 Å². The maximum absolute atomic E-state index is 12.6. The molecule has 7 heteroatoms. The average molecular weight is 375 g/mol. The SMILES string of the molecule is CC1CN(C(=O)CCC(=O)NCCCN2CCOCC2)c2ccccc2O1. The van der Waals surface area contributed by atoms with Crippen molar-refractivity contribution in [1.29, 1.82) is 0 Å². The second-order valence-electron chi connectivity index (χ2n) is 7.06. The molecule has 0 spiro atoms. The number of para-hydroxylation sites is 2. The summed E-state index contributed by atoms with van der Waals surface area (Å²) in [5.74, 6) is 0.609. The molecule has 2 heterocycles. The molecular weight excluding hydrogens is 346 g/mol. The zero-order chi connectivity index (χ0) is 19.1. The number of carbonyl (C=O) groups excluding carboxylic acids is 2. The predicted molar refractivity (Wildman–Crippen MR) is 103 cm³/mol. The van der Waals surface area contributed by atoms with Crippen molar-refractivity contribution < 1.29 is 19.1 Å². The quantitative estimate of drug-likeness (QED) is 0.730. The molecule has 7 nitrogen and oxygen atoms in total. The van der Waals surface area contributed by atoms with Gasteiger partial charge in [-0.1, -0.05) is 12.1 Å². The molecule has 2 amide bonds. The van der Waals surface area contributed by atoms with Gasteiger partial charge in [0.05, 0.1) is 25.4 Å². The van der Waals surface area contributed by atoms with Gasteiger partial charge in [0.1, 0.15) is 11.9 Å². The summed E-state index contributed by atoms with van der Waals surface area (Å²) in [5, 5.41) is 2.92. The molecule has 0 aromatic heterocycles. The second-order valence-corrected chi connectivity index (χ2v) is 7.06. The van der Waals surface area contributed by atoms with Crippen LogP contribution in [-0.4, -0.2) is 68.8 Å². The van der Waals surface area contributed by atoms with Crippen LogP contribution in [0.4, 0.5) is 5.69 Å². The third-order valence-electron chi connectivity index (χ3n) is 4.87. The molecule has 1 aromatic carbocycles. The number of nitrogens with zero attached hydrogens (tertiary/aromatic N) is 2. The van der Waals surface area contributed by atoms with Gasteiger partial charge in [0.15, 0.2) is 0 Å². The lowest BCUT2D eigenvalue weighted by Crippen LogP contribution is -2.42. The molecule has 1 unspecified atom stereocenters. The normalized spacial score (nSPS) is 19.9. The van der Waals surface area contributed by atoms with Crippen LogP contribution < -0.4 is 15.0 Å². The molecule has 0 saturated carbocycles. The van der Waals surface area contributed by atoms with E-state index in [1.807, 2.05) is 31.2 Å². The number of anilines is 1. The average Bonchev–Trinajstić information content (AvgIpc) is 2.69. The maximum Gasteiger partial charge on any atom is 0.227 e. The van der Waals surface area contributed by atoms with Crippen molar-refractivity contribution in [3.05, 3.63) is 24.3 Å². The van der Waals surface area contributed by atoms with Crippen LogP contribution in [0.3, 0.4) is 0 Å². The van der Waals surface area contributed by atoms with Crippen LogP contribution in [0, 0.1) is 0 Å². The fourth-order valence-corrected chi connectivity index (χ4v) is 3.42. The summed E-state index contributed by atoms with van der Waals surface area (Å²) in [6.45, 7) is 7.56. The zero-order valence-corrected chi connectivity index (χ0v) is 16.0. The van der Waals surface area contributed by atoms with E-state index < -0.39 is 0 Å². The molecule has 1 aromatic rings. The van der Waals surface area contributed by atoms with Crippen molar-refractivity contribution >= 4 is 17.5 Å². The molecule has 0 bridgehead atoms. The van der Waals surface area contributed by atoms with E-state index in [-0.39, 0.29) is 30.8 Å². The van der Waals surface area contributed by atoms with Crippen molar-refractivity contribution in [2.45, 2.75) is 32.3 Å². The summed E-state index contributed by atoms with van der Waals surface area (Å²) >= 11 is 0. The Morgan fingerprint density at radius 2 is 1.96 bits per heavy atom. The van der Waals surface area contributed by atoms with Gasteiger partial charge in [-0.25, -0.2) is 0 Å². The van der Waals surface area contributed by atoms with Gasteiger partial charge < -0.3 is 19.7 Å². The van der Waals surface area contributed by atoms with E-state index in [0.717, 1.165) is 50.7 Å². The first-order valence-corrected chi connectivity index (χ1v) is 9.76. The van der Waals surface area contributed by atoms with Crippen LogP contribution in [0.1, 0.15) is 26.2 Å². The fraction of sp³-hybridized carbons (Fsp3) is 0.600. The number of rotatable bonds is 7. The number of nitrogens with one attached hydrogen (secondary N) is 1. The summed E-state index contributed by atoms with van der Waals surface area (Å²) < 4.78 is 11.1. The molecule has 3 rings (SSSR count). The monoisotopic (exact) mass is 375 g/mol. The van der Waals surface area contributed by atoms with Crippen LogP contribution in [-0.2, 0) is 14.3 Å². The minimum atomic E-state index is -0.0695. The van der Waals surface area contributed by atoms with Gasteiger partial charge in [0.2, 0.25) is 11.8 Å². The van der Waals surface area contributed by atoms with Crippen molar-refractivity contribution in [3.63, 3.8) is 0 Å². The molecule has 27 heavy (non-hydrogen) atoms. The number of hydrogen-bond acceptors (Lipinski definition) is 5. The van der Waals surface area contributed by atoms with Crippen molar-refractivity contribution in [2.24, 2.45) is 0 Å². The lowest BCUT2D eigenvalue weighted by molar-refractivity contribution is -0.125. The summed E-state index contributed by atoms with van der Waals surface area (Å²) in [5.41, 5.74) is 0.784. The minimum Gasteiger partial charge on any atom is -0.487 e. The summed E-state index contributed by atoms with van der Waals surface area (Å²) in [4.78, 5) is 28.7. The molecule has 1 atom stereocenters. The fourth-order valence-electron chi connectivity index (χ4n) is 3.42. The van der Waals surface area contributed by atoms with E-state index in [9.17, 15) is 9.59 Å². The van der Waals surface area contributed by atoms with Gasteiger partial charge >= 0.3 is 0 Å². The standard InChI is InChI=1S/C20H29N3O4/c1-16-15-23(17-5-2-3-6-18(17)27-16)20(25)8-7-19(24)21-9-4-10-22-11-13-26-14-12-22/h2-3,5-6,16H,4,7-15H2,1H3,(H,21,24). The molecule has 148 valence electrons. The van der Waals surface area contributed by atoms with Gasteiger partial charge in [-0.3, -0.25) is 14.5 Å². The highest BCUT2D eigenvalue weighted by Gasteiger charge is 2.27.